The summed E-state index contributed by atoms with van der Waals surface area (Å²) in [6.07, 6.45) is 1.65. The van der Waals surface area contributed by atoms with Gasteiger partial charge in [0.05, 0.1) is 18.3 Å². The minimum atomic E-state index is -0.203. The van der Waals surface area contributed by atoms with Crippen molar-refractivity contribution in [2.75, 3.05) is 11.1 Å². The quantitative estimate of drug-likeness (QED) is 0.768. The molecule has 0 fully saturated rings. The molecule has 6 nitrogen and oxygen atoms in total. The molecular weight excluding hydrogens is 268 g/mol. The summed E-state index contributed by atoms with van der Waals surface area (Å²) in [5.74, 6) is 0.269. The van der Waals surface area contributed by atoms with Gasteiger partial charge in [0.2, 0.25) is 5.91 Å². The SMILES string of the molecule is Cc1cc(NC(=O)Cc2noc3ccccc23)ncc1N. The van der Waals surface area contributed by atoms with Gasteiger partial charge in [0, 0.05) is 5.39 Å². The molecule has 0 saturated carbocycles. The number of pyridine rings is 1. The number of nitrogens with zero attached hydrogens (tertiary/aromatic N) is 2. The molecule has 106 valence electrons. The highest BCUT2D eigenvalue weighted by molar-refractivity contribution is 5.94. The normalized spacial score (nSPS) is 10.7. The standard InChI is InChI=1S/C15H14N4O2/c1-9-6-14(17-8-11(9)16)18-15(20)7-12-10-4-2-3-5-13(10)21-19-12/h2-6,8H,7,16H2,1H3,(H,17,18,20). The molecule has 2 heterocycles. The summed E-state index contributed by atoms with van der Waals surface area (Å²) in [7, 11) is 0. The van der Waals surface area contributed by atoms with E-state index in [1.165, 1.54) is 6.20 Å². The van der Waals surface area contributed by atoms with E-state index in [1.807, 2.05) is 31.2 Å². The lowest BCUT2D eigenvalue weighted by Gasteiger charge is -2.05. The van der Waals surface area contributed by atoms with Crippen molar-refractivity contribution in [1.29, 1.82) is 0 Å². The minimum absolute atomic E-state index is 0.127. The van der Waals surface area contributed by atoms with E-state index in [1.54, 1.807) is 6.07 Å². The number of rotatable bonds is 3. The highest BCUT2D eigenvalue weighted by atomic mass is 16.5. The molecule has 3 rings (SSSR count). The zero-order valence-corrected chi connectivity index (χ0v) is 11.5. The van der Waals surface area contributed by atoms with Gasteiger partial charge >= 0.3 is 0 Å². The number of nitrogen functional groups attached to an aromatic ring is 1. The lowest BCUT2D eigenvalue weighted by atomic mass is 10.1. The van der Waals surface area contributed by atoms with E-state index in [0.717, 1.165) is 10.9 Å². The highest BCUT2D eigenvalue weighted by Gasteiger charge is 2.12. The van der Waals surface area contributed by atoms with Crippen molar-refractivity contribution in [2.45, 2.75) is 13.3 Å². The average Bonchev–Trinajstić information content (AvgIpc) is 2.86. The number of hydrogen-bond donors (Lipinski definition) is 2. The van der Waals surface area contributed by atoms with Gasteiger partial charge in [0.15, 0.2) is 5.58 Å². The number of aromatic nitrogens is 2. The second-order valence-corrected chi connectivity index (χ2v) is 4.78. The molecule has 0 unspecified atom stereocenters. The summed E-state index contributed by atoms with van der Waals surface area (Å²) in [6.45, 7) is 1.86. The molecule has 0 bridgehead atoms. The summed E-state index contributed by atoms with van der Waals surface area (Å²) in [6, 6.07) is 9.16. The number of nitrogens with one attached hydrogen (secondary N) is 1. The summed E-state index contributed by atoms with van der Waals surface area (Å²) < 4.78 is 5.17. The molecule has 0 saturated heterocycles. The zero-order chi connectivity index (χ0) is 14.8. The Hall–Kier alpha value is -2.89. The Morgan fingerprint density at radius 1 is 1.38 bits per heavy atom. The first-order valence-electron chi connectivity index (χ1n) is 6.49. The van der Waals surface area contributed by atoms with E-state index in [4.69, 9.17) is 10.3 Å². The van der Waals surface area contributed by atoms with Crippen molar-refractivity contribution in [1.82, 2.24) is 10.1 Å². The van der Waals surface area contributed by atoms with E-state index in [0.29, 0.717) is 22.8 Å². The fraction of sp³-hybridized carbons (Fsp3) is 0.133. The Morgan fingerprint density at radius 3 is 3.00 bits per heavy atom. The number of benzene rings is 1. The van der Waals surface area contributed by atoms with Gasteiger partial charge in [0.1, 0.15) is 11.5 Å². The van der Waals surface area contributed by atoms with E-state index in [2.05, 4.69) is 15.5 Å². The topological polar surface area (TPSA) is 94.0 Å². The lowest BCUT2D eigenvalue weighted by molar-refractivity contribution is -0.115. The average molecular weight is 282 g/mol. The van der Waals surface area contributed by atoms with Gasteiger partial charge in [-0.05, 0) is 30.7 Å². The van der Waals surface area contributed by atoms with Crippen LogP contribution in [-0.4, -0.2) is 16.0 Å². The Morgan fingerprint density at radius 2 is 2.19 bits per heavy atom. The van der Waals surface area contributed by atoms with Crippen LogP contribution in [0.2, 0.25) is 0 Å². The third kappa shape index (κ3) is 2.69. The maximum atomic E-state index is 12.1. The molecule has 3 N–H and O–H groups in total. The number of amides is 1. The summed E-state index contributed by atoms with van der Waals surface area (Å²) >= 11 is 0. The van der Waals surface area contributed by atoms with E-state index < -0.39 is 0 Å². The molecule has 6 heteroatoms. The first kappa shape index (κ1) is 13.1. The number of fused-ring (bicyclic) bond motifs is 1. The first-order valence-corrected chi connectivity index (χ1v) is 6.49. The molecule has 0 atom stereocenters. The monoisotopic (exact) mass is 282 g/mol. The fourth-order valence-electron chi connectivity index (χ4n) is 2.04. The number of para-hydroxylation sites is 1. The van der Waals surface area contributed by atoms with Gasteiger partial charge in [-0.15, -0.1) is 0 Å². The van der Waals surface area contributed by atoms with Crippen molar-refractivity contribution >= 4 is 28.4 Å². The van der Waals surface area contributed by atoms with Crippen molar-refractivity contribution in [3.63, 3.8) is 0 Å². The molecular formula is C15H14N4O2. The molecule has 1 amide bonds. The molecule has 0 aliphatic rings. The van der Waals surface area contributed by atoms with E-state index in [9.17, 15) is 4.79 Å². The van der Waals surface area contributed by atoms with Crippen LogP contribution in [0.15, 0.2) is 41.1 Å². The maximum Gasteiger partial charge on any atom is 0.231 e. The number of carbonyl (C=O) groups is 1. The maximum absolute atomic E-state index is 12.1. The van der Waals surface area contributed by atoms with Crippen LogP contribution >= 0.6 is 0 Å². The van der Waals surface area contributed by atoms with Crippen LogP contribution in [0.25, 0.3) is 11.0 Å². The number of aryl methyl sites for hydroxylation is 1. The molecule has 1 aromatic carbocycles. The van der Waals surface area contributed by atoms with Crippen molar-refractivity contribution < 1.29 is 9.32 Å². The summed E-state index contributed by atoms with van der Waals surface area (Å²) in [5.41, 5.74) is 8.43. The van der Waals surface area contributed by atoms with Crippen molar-refractivity contribution in [2.24, 2.45) is 0 Å². The van der Waals surface area contributed by atoms with Gasteiger partial charge in [0.25, 0.3) is 0 Å². The second kappa shape index (κ2) is 5.24. The molecule has 0 aliphatic heterocycles. The van der Waals surface area contributed by atoms with Gasteiger partial charge < -0.3 is 15.6 Å². The van der Waals surface area contributed by atoms with Crippen LogP contribution in [0.4, 0.5) is 11.5 Å². The molecule has 0 aliphatic carbocycles. The Bertz CT molecular complexity index is 810. The third-order valence-electron chi connectivity index (χ3n) is 3.20. The van der Waals surface area contributed by atoms with Gasteiger partial charge in [-0.1, -0.05) is 17.3 Å². The summed E-state index contributed by atoms with van der Waals surface area (Å²) in [4.78, 5) is 16.1. The summed E-state index contributed by atoms with van der Waals surface area (Å²) in [5, 5.41) is 7.50. The highest BCUT2D eigenvalue weighted by Crippen LogP contribution is 2.19. The number of anilines is 2. The van der Waals surface area contributed by atoms with Crippen LogP contribution < -0.4 is 11.1 Å². The Balaban J connectivity index is 1.75. The first-order chi connectivity index (χ1) is 10.1. The van der Waals surface area contributed by atoms with Crippen LogP contribution in [-0.2, 0) is 11.2 Å². The van der Waals surface area contributed by atoms with Crippen LogP contribution in [0.1, 0.15) is 11.3 Å². The van der Waals surface area contributed by atoms with Crippen LogP contribution in [0.5, 0.6) is 0 Å². The third-order valence-corrected chi connectivity index (χ3v) is 3.20. The predicted octanol–water partition coefficient (Wildman–Crippen LogP) is 2.29. The minimum Gasteiger partial charge on any atom is -0.397 e. The molecule has 0 radical (unpaired) electrons. The molecule has 21 heavy (non-hydrogen) atoms. The number of nitrogens with two attached hydrogens (primary N) is 1. The smallest absolute Gasteiger partial charge is 0.231 e. The molecule has 3 aromatic rings. The second-order valence-electron chi connectivity index (χ2n) is 4.78. The Kier molecular flexibility index (Phi) is 3.27. The van der Waals surface area contributed by atoms with Gasteiger partial charge in [-0.2, -0.15) is 0 Å². The van der Waals surface area contributed by atoms with Crippen molar-refractivity contribution in [3.8, 4) is 0 Å². The Labute approximate surface area is 121 Å². The molecule has 0 spiro atoms. The predicted molar refractivity (Wildman–Crippen MR) is 79.7 cm³/mol. The fourth-order valence-corrected chi connectivity index (χ4v) is 2.04. The van der Waals surface area contributed by atoms with Crippen LogP contribution in [0.3, 0.4) is 0 Å². The van der Waals surface area contributed by atoms with Crippen molar-refractivity contribution in [3.05, 3.63) is 47.8 Å². The molecule has 2 aromatic heterocycles. The van der Waals surface area contributed by atoms with E-state index in [-0.39, 0.29) is 12.3 Å². The van der Waals surface area contributed by atoms with Crippen LogP contribution in [0, 0.1) is 6.92 Å². The van der Waals surface area contributed by atoms with Gasteiger partial charge in [-0.25, -0.2) is 4.98 Å². The lowest BCUT2D eigenvalue weighted by Crippen LogP contribution is -2.16. The zero-order valence-electron chi connectivity index (χ0n) is 11.5. The number of hydrogen-bond acceptors (Lipinski definition) is 5. The van der Waals surface area contributed by atoms with Gasteiger partial charge in [-0.3, -0.25) is 4.79 Å². The number of carbonyl (C=O) groups excluding carboxylic acids is 1. The van der Waals surface area contributed by atoms with E-state index >= 15 is 0 Å². The largest absolute Gasteiger partial charge is 0.397 e.